The van der Waals surface area contributed by atoms with E-state index in [2.05, 4.69) is 5.32 Å². The third kappa shape index (κ3) is 3.82. The molecule has 0 radical (unpaired) electrons. The lowest BCUT2D eigenvalue weighted by atomic mass is 9.96. The Labute approximate surface area is 160 Å². The zero-order chi connectivity index (χ0) is 18.7. The van der Waals surface area contributed by atoms with Gasteiger partial charge in [0.2, 0.25) is 0 Å². The van der Waals surface area contributed by atoms with Crippen LogP contribution in [-0.2, 0) is 19.7 Å². The Hall–Kier alpha value is -2.55. The van der Waals surface area contributed by atoms with Crippen molar-refractivity contribution < 1.29 is 14.3 Å². The Morgan fingerprint density at radius 3 is 2.38 bits per heavy atom. The van der Waals surface area contributed by atoms with E-state index in [1.54, 1.807) is 30.3 Å². The maximum absolute atomic E-state index is 12.4. The molecule has 1 amide bonds. The maximum Gasteiger partial charge on any atom is 0.317 e. The fourth-order valence-corrected chi connectivity index (χ4v) is 2.98. The predicted octanol–water partition coefficient (Wildman–Crippen LogP) is 4.08. The first-order valence-corrected chi connectivity index (χ1v) is 8.63. The number of benzene rings is 2. The van der Waals surface area contributed by atoms with E-state index in [1.165, 1.54) is 12.1 Å². The fourth-order valence-electron chi connectivity index (χ4n) is 2.68. The molecule has 0 heterocycles. The molecule has 0 spiro atoms. The second-order valence-electron chi connectivity index (χ2n) is 6.02. The number of hydrogen-bond donors (Lipinski definition) is 1. The number of esters is 1. The molecule has 7 heteroatoms. The molecule has 0 aromatic heterocycles. The molecule has 0 unspecified atom stereocenters. The fraction of sp³-hybridized carbons (Fsp3) is 0.211. The van der Waals surface area contributed by atoms with E-state index in [0.717, 1.165) is 5.56 Å². The van der Waals surface area contributed by atoms with Crippen LogP contribution in [0.2, 0.25) is 10.0 Å². The zero-order valence-corrected chi connectivity index (χ0v) is 15.1. The van der Waals surface area contributed by atoms with Gasteiger partial charge < -0.3 is 10.1 Å². The van der Waals surface area contributed by atoms with Gasteiger partial charge in [0.25, 0.3) is 5.91 Å². The standard InChI is InChI=1S/C19H14Cl2N2O3/c20-14-5-2-13(3-6-14)19(7-8-19)18(25)26-11-17(24)23-16-9-15(21)4-1-12(16)10-22/h1-6,9H,7-8,11H2,(H,23,24). The number of nitrogens with one attached hydrogen (secondary N) is 1. The average molecular weight is 389 g/mol. The quantitative estimate of drug-likeness (QED) is 0.782. The van der Waals surface area contributed by atoms with Crippen LogP contribution < -0.4 is 5.32 Å². The van der Waals surface area contributed by atoms with Gasteiger partial charge in [-0.15, -0.1) is 0 Å². The number of carbonyl (C=O) groups excluding carboxylic acids is 2. The summed E-state index contributed by atoms with van der Waals surface area (Å²) in [4.78, 5) is 24.5. The molecule has 1 aliphatic rings. The van der Waals surface area contributed by atoms with Gasteiger partial charge in [-0.1, -0.05) is 35.3 Å². The van der Waals surface area contributed by atoms with Gasteiger partial charge in [0.05, 0.1) is 16.7 Å². The largest absolute Gasteiger partial charge is 0.455 e. The van der Waals surface area contributed by atoms with Crippen molar-refractivity contribution in [2.75, 3.05) is 11.9 Å². The highest BCUT2D eigenvalue weighted by atomic mass is 35.5. The third-order valence-electron chi connectivity index (χ3n) is 4.25. The first-order chi connectivity index (χ1) is 12.4. The predicted molar refractivity (Wildman–Crippen MR) is 98.1 cm³/mol. The lowest BCUT2D eigenvalue weighted by Crippen LogP contribution is -2.28. The molecule has 2 aromatic rings. The van der Waals surface area contributed by atoms with Crippen LogP contribution in [0.5, 0.6) is 0 Å². The van der Waals surface area contributed by atoms with Crippen LogP contribution in [0.25, 0.3) is 0 Å². The minimum Gasteiger partial charge on any atom is -0.455 e. The van der Waals surface area contributed by atoms with Crippen molar-refractivity contribution >= 4 is 40.8 Å². The number of rotatable bonds is 5. The van der Waals surface area contributed by atoms with Crippen LogP contribution in [-0.4, -0.2) is 18.5 Å². The molecular weight excluding hydrogens is 375 g/mol. The zero-order valence-electron chi connectivity index (χ0n) is 13.6. The van der Waals surface area contributed by atoms with Crippen molar-refractivity contribution in [3.63, 3.8) is 0 Å². The molecule has 0 saturated heterocycles. The number of hydrogen-bond acceptors (Lipinski definition) is 4. The molecule has 0 bridgehead atoms. The second kappa shape index (κ2) is 7.36. The van der Waals surface area contributed by atoms with Gasteiger partial charge in [-0.25, -0.2) is 0 Å². The summed E-state index contributed by atoms with van der Waals surface area (Å²) in [5, 5.41) is 12.6. The molecule has 0 atom stereocenters. The van der Waals surface area contributed by atoms with Gasteiger partial charge in [-0.2, -0.15) is 5.26 Å². The van der Waals surface area contributed by atoms with Crippen molar-refractivity contribution in [1.82, 2.24) is 0 Å². The van der Waals surface area contributed by atoms with E-state index in [9.17, 15) is 9.59 Å². The third-order valence-corrected chi connectivity index (χ3v) is 4.74. The number of nitriles is 1. The van der Waals surface area contributed by atoms with Crippen molar-refractivity contribution in [2.45, 2.75) is 18.3 Å². The Morgan fingerprint density at radius 2 is 1.77 bits per heavy atom. The summed E-state index contributed by atoms with van der Waals surface area (Å²) in [6, 6.07) is 13.5. The summed E-state index contributed by atoms with van der Waals surface area (Å²) in [5.41, 5.74) is 0.682. The number of nitrogens with zero attached hydrogens (tertiary/aromatic N) is 1. The Bertz CT molecular complexity index is 900. The molecule has 1 aliphatic carbocycles. The molecule has 26 heavy (non-hydrogen) atoms. The summed E-state index contributed by atoms with van der Waals surface area (Å²) < 4.78 is 5.19. The smallest absolute Gasteiger partial charge is 0.317 e. The maximum atomic E-state index is 12.4. The normalized spacial score (nSPS) is 14.2. The van der Waals surface area contributed by atoms with E-state index in [0.29, 0.717) is 22.9 Å². The highest BCUT2D eigenvalue weighted by molar-refractivity contribution is 6.31. The van der Waals surface area contributed by atoms with Crippen molar-refractivity contribution in [3.05, 3.63) is 63.6 Å². The summed E-state index contributed by atoms with van der Waals surface area (Å²) in [6.45, 7) is -0.439. The summed E-state index contributed by atoms with van der Waals surface area (Å²) in [6.07, 6.45) is 1.34. The lowest BCUT2D eigenvalue weighted by molar-refractivity contribution is -0.150. The van der Waals surface area contributed by atoms with Crippen LogP contribution in [0.1, 0.15) is 24.0 Å². The van der Waals surface area contributed by atoms with Gasteiger partial charge in [0, 0.05) is 10.0 Å². The van der Waals surface area contributed by atoms with E-state index in [1.807, 2.05) is 6.07 Å². The number of anilines is 1. The summed E-state index contributed by atoms with van der Waals surface area (Å²) in [7, 11) is 0. The van der Waals surface area contributed by atoms with Crippen molar-refractivity contribution in [1.29, 1.82) is 5.26 Å². The minimum atomic E-state index is -0.696. The first-order valence-electron chi connectivity index (χ1n) is 7.87. The van der Waals surface area contributed by atoms with E-state index >= 15 is 0 Å². The number of carbonyl (C=O) groups is 2. The van der Waals surface area contributed by atoms with E-state index in [-0.39, 0.29) is 11.3 Å². The minimum absolute atomic E-state index is 0.272. The van der Waals surface area contributed by atoms with Crippen LogP contribution in [0, 0.1) is 11.3 Å². The molecule has 5 nitrogen and oxygen atoms in total. The topological polar surface area (TPSA) is 79.2 Å². The van der Waals surface area contributed by atoms with Crippen molar-refractivity contribution in [3.8, 4) is 6.07 Å². The van der Waals surface area contributed by atoms with Crippen LogP contribution in [0.4, 0.5) is 5.69 Å². The number of ether oxygens (including phenoxy) is 1. The van der Waals surface area contributed by atoms with Crippen LogP contribution in [0.3, 0.4) is 0 Å². The van der Waals surface area contributed by atoms with Gasteiger partial charge in [-0.05, 0) is 48.7 Å². The SMILES string of the molecule is N#Cc1ccc(Cl)cc1NC(=O)COC(=O)C1(c2ccc(Cl)cc2)CC1. The summed E-state index contributed by atoms with van der Waals surface area (Å²) >= 11 is 11.8. The molecule has 132 valence electrons. The molecule has 1 saturated carbocycles. The molecule has 1 fully saturated rings. The molecule has 0 aliphatic heterocycles. The van der Waals surface area contributed by atoms with Gasteiger partial charge >= 0.3 is 5.97 Å². The second-order valence-corrected chi connectivity index (χ2v) is 6.89. The van der Waals surface area contributed by atoms with E-state index in [4.69, 9.17) is 33.2 Å². The highest BCUT2D eigenvalue weighted by Gasteiger charge is 2.52. The lowest BCUT2D eigenvalue weighted by Gasteiger charge is -2.15. The molecule has 1 N–H and O–H groups in total. The summed E-state index contributed by atoms with van der Waals surface area (Å²) in [5.74, 6) is -0.981. The number of amides is 1. The monoisotopic (exact) mass is 388 g/mol. The highest BCUT2D eigenvalue weighted by Crippen LogP contribution is 2.49. The van der Waals surface area contributed by atoms with Crippen molar-refractivity contribution in [2.24, 2.45) is 0 Å². The number of halogens is 2. The van der Waals surface area contributed by atoms with Gasteiger partial charge in [0.1, 0.15) is 6.07 Å². The van der Waals surface area contributed by atoms with E-state index < -0.39 is 23.9 Å². The Morgan fingerprint density at radius 1 is 1.12 bits per heavy atom. The Balaban J connectivity index is 1.61. The van der Waals surface area contributed by atoms with Gasteiger partial charge in [-0.3, -0.25) is 9.59 Å². The first kappa shape index (κ1) is 18.2. The Kier molecular flexibility index (Phi) is 5.17. The molecule has 2 aromatic carbocycles. The van der Waals surface area contributed by atoms with Crippen LogP contribution in [0.15, 0.2) is 42.5 Å². The van der Waals surface area contributed by atoms with Gasteiger partial charge in [0.15, 0.2) is 6.61 Å². The average Bonchev–Trinajstić information content (AvgIpc) is 3.42. The van der Waals surface area contributed by atoms with Crippen LogP contribution >= 0.6 is 23.2 Å². The molecule has 3 rings (SSSR count). The molecular formula is C19H14Cl2N2O3.